The van der Waals surface area contributed by atoms with E-state index >= 15 is 0 Å². The molecule has 1 aromatic rings. The Hall–Kier alpha value is -2.15. The van der Waals surface area contributed by atoms with E-state index in [0.29, 0.717) is 24.6 Å². The highest BCUT2D eigenvalue weighted by molar-refractivity contribution is 5.95. The van der Waals surface area contributed by atoms with Crippen LogP contribution in [0.25, 0.3) is 0 Å². The van der Waals surface area contributed by atoms with Crippen molar-refractivity contribution in [1.82, 2.24) is 5.32 Å². The van der Waals surface area contributed by atoms with Crippen LogP contribution in [0.5, 0.6) is 0 Å². The van der Waals surface area contributed by atoms with Crippen LogP contribution in [0, 0.1) is 10.1 Å². The first-order chi connectivity index (χ1) is 11.0. The first-order valence-electron chi connectivity index (χ1n) is 8.02. The summed E-state index contributed by atoms with van der Waals surface area (Å²) in [5.41, 5.74) is -0.248. The van der Waals surface area contributed by atoms with Gasteiger partial charge in [-0.1, -0.05) is 12.8 Å². The summed E-state index contributed by atoms with van der Waals surface area (Å²) in [5.74, 6) is -0.397. The molecule has 0 radical (unpaired) electrons. The van der Waals surface area contributed by atoms with Gasteiger partial charge in [-0.2, -0.15) is 0 Å². The number of benzene rings is 1. The summed E-state index contributed by atoms with van der Waals surface area (Å²) < 4.78 is 0. The Kier molecular flexibility index (Phi) is 4.21. The third-order valence-electron chi connectivity index (χ3n) is 4.51. The molecule has 2 aliphatic carbocycles. The molecule has 7 nitrogen and oxygen atoms in total. The van der Waals surface area contributed by atoms with Gasteiger partial charge in [-0.05, 0) is 37.8 Å². The molecule has 0 spiro atoms. The molecule has 0 aromatic heterocycles. The normalized spacial score (nSPS) is 19.3. The molecule has 0 saturated heterocycles. The minimum Gasteiger partial charge on any atom is -0.388 e. The molecule has 124 valence electrons. The lowest BCUT2D eigenvalue weighted by Crippen LogP contribution is -2.40. The fourth-order valence-electron chi connectivity index (χ4n) is 2.95. The molecule has 23 heavy (non-hydrogen) atoms. The van der Waals surface area contributed by atoms with Crippen LogP contribution in [0.4, 0.5) is 11.4 Å². The van der Waals surface area contributed by atoms with Gasteiger partial charge >= 0.3 is 0 Å². The number of nitro benzene ring substituents is 1. The van der Waals surface area contributed by atoms with Crippen LogP contribution in [0.3, 0.4) is 0 Å². The first kappa shape index (κ1) is 15.7. The molecule has 2 aliphatic rings. The van der Waals surface area contributed by atoms with Gasteiger partial charge in [-0.15, -0.1) is 0 Å². The lowest BCUT2D eigenvalue weighted by molar-refractivity contribution is -0.384. The largest absolute Gasteiger partial charge is 0.388 e. The highest BCUT2D eigenvalue weighted by atomic mass is 16.6. The molecule has 0 bridgehead atoms. The fourth-order valence-corrected chi connectivity index (χ4v) is 2.95. The molecular formula is C16H21N3O4. The molecule has 2 fully saturated rings. The van der Waals surface area contributed by atoms with Gasteiger partial charge in [0.15, 0.2) is 0 Å². The molecule has 1 amide bonds. The van der Waals surface area contributed by atoms with Crippen LogP contribution < -0.4 is 10.6 Å². The average molecular weight is 319 g/mol. The van der Waals surface area contributed by atoms with Crippen LogP contribution in [-0.4, -0.2) is 34.1 Å². The number of amides is 1. The second kappa shape index (κ2) is 6.16. The predicted molar refractivity (Wildman–Crippen MR) is 85.5 cm³/mol. The van der Waals surface area contributed by atoms with E-state index in [-0.39, 0.29) is 17.8 Å². The number of nitrogens with zero attached hydrogens (tertiary/aromatic N) is 1. The highest BCUT2D eigenvalue weighted by Crippen LogP contribution is 2.32. The number of carbonyl (C=O) groups excluding carboxylic acids is 1. The smallest absolute Gasteiger partial charge is 0.293 e. The summed E-state index contributed by atoms with van der Waals surface area (Å²) >= 11 is 0. The van der Waals surface area contributed by atoms with Gasteiger partial charge in [-0.25, -0.2) is 0 Å². The third kappa shape index (κ3) is 3.79. The van der Waals surface area contributed by atoms with Gasteiger partial charge in [0.2, 0.25) is 0 Å². The minimum atomic E-state index is -0.838. The van der Waals surface area contributed by atoms with Gasteiger partial charge in [0.25, 0.3) is 11.6 Å². The molecule has 0 atom stereocenters. The second-order valence-electron chi connectivity index (χ2n) is 6.52. The molecule has 0 unspecified atom stereocenters. The van der Waals surface area contributed by atoms with Crippen LogP contribution in [0.2, 0.25) is 0 Å². The van der Waals surface area contributed by atoms with Crippen molar-refractivity contribution in [2.45, 2.75) is 50.2 Å². The topological polar surface area (TPSA) is 104 Å². The van der Waals surface area contributed by atoms with Crippen LogP contribution in [0.15, 0.2) is 18.2 Å². The summed E-state index contributed by atoms with van der Waals surface area (Å²) in [6.45, 7) is 0.182. The van der Waals surface area contributed by atoms with Gasteiger partial charge < -0.3 is 15.7 Å². The summed E-state index contributed by atoms with van der Waals surface area (Å²) in [4.78, 5) is 22.9. The number of nitro groups is 1. The van der Waals surface area contributed by atoms with Crippen LogP contribution in [-0.2, 0) is 0 Å². The molecule has 1 aromatic carbocycles. The Morgan fingerprint density at radius 1 is 1.35 bits per heavy atom. The lowest BCUT2D eigenvalue weighted by atomic mass is 10.0. The maximum Gasteiger partial charge on any atom is 0.293 e. The van der Waals surface area contributed by atoms with E-state index in [1.54, 1.807) is 12.1 Å². The van der Waals surface area contributed by atoms with Crippen molar-refractivity contribution in [2.24, 2.45) is 0 Å². The molecule has 2 saturated carbocycles. The third-order valence-corrected chi connectivity index (χ3v) is 4.51. The second-order valence-corrected chi connectivity index (χ2v) is 6.52. The molecule has 7 heteroatoms. The maximum absolute atomic E-state index is 12.2. The van der Waals surface area contributed by atoms with Crippen LogP contribution >= 0.6 is 0 Å². The number of anilines is 1. The number of nitrogens with one attached hydrogen (secondary N) is 2. The Labute approximate surface area is 134 Å². The summed E-state index contributed by atoms with van der Waals surface area (Å²) in [7, 11) is 0. The Bertz CT molecular complexity index is 622. The molecule has 0 heterocycles. The lowest BCUT2D eigenvalue weighted by Gasteiger charge is -2.22. The van der Waals surface area contributed by atoms with E-state index in [0.717, 1.165) is 25.7 Å². The van der Waals surface area contributed by atoms with Gasteiger partial charge in [-0.3, -0.25) is 14.9 Å². The van der Waals surface area contributed by atoms with Crippen molar-refractivity contribution in [3.8, 4) is 0 Å². The van der Waals surface area contributed by atoms with Crippen molar-refractivity contribution in [3.05, 3.63) is 33.9 Å². The van der Waals surface area contributed by atoms with Crippen LogP contribution in [0.1, 0.15) is 48.9 Å². The van der Waals surface area contributed by atoms with Crippen molar-refractivity contribution in [3.63, 3.8) is 0 Å². The zero-order valence-corrected chi connectivity index (χ0v) is 12.9. The van der Waals surface area contributed by atoms with E-state index < -0.39 is 16.4 Å². The zero-order chi connectivity index (χ0) is 16.4. The molecule has 3 rings (SSSR count). The van der Waals surface area contributed by atoms with E-state index in [4.69, 9.17) is 0 Å². The van der Waals surface area contributed by atoms with E-state index in [1.807, 2.05) is 0 Å². The Morgan fingerprint density at radius 3 is 2.65 bits per heavy atom. The van der Waals surface area contributed by atoms with Crippen molar-refractivity contribution >= 4 is 17.3 Å². The number of hydrogen-bond donors (Lipinski definition) is 3. The van der Waals surface area contributed by atoms with E-state index in [1.165, 1.54) is 6.07 Å². The predicted octanol–water partition coefficient (Wildman–Crippen LogP) is 2.20. The fraction of sp³-hybridized carbons (Fsp3) is 0.562. The summed E-state index contributed by atoms with van der Waals surface area (Å²) in [6.07, 6.45) is 5.30. The van der Waals surface area contributed by atoms with Crippen molar-refractivity contribution in [1.29, 1.82) is 0 Å². The highest BCUT2D eigenvalue weighted by Gasteiger charge is 2.31. The van der Waals surface area contributed by atoms with Gasteiger partial charge in [0, 0.05) is 24.2 Å². The quantitative estimate of drug-likeness (QED) is 0.551. The van der Waals surface area contributed by atoms with Crippen molar-refractivity contribution < 1.29 is 14.8 Å². The number of carbonyl (C=O) groups is 1. The standard InChI is InChI=1S/C16H21N3O4/c20-15(17-10-16(21)7-1-2-8-16)11-3-6-13(18-12-4-5-12)14(9-11)19(22)23/h3,6,9,12,18,21H,1-2,4-5,7-8,10H2,(H,17,20). The van der Waals surface area contributed by atoms with E-state index in [2.05, 4.69) is 10.6 Å². The Balaban J connectivity index is 1.69. The summed E-state index contributed by atoms with van der Waals surface area (Å²) in [5, 5.41) is 27.2. The SMILES string of the molecule is O=C(NCC1(O)CCCC1)c1ccc(NC2CC2)c([N+](=O)[O-])c1. The number of aliphatic hydroxyl groups is 1. The monoisotopic (exact) mass is 319 g/mol. The summed E-state index contributed by atoms with van der Waals surface area (Å²) in [6, 6.07) is 4.74. The van der Waals surface area contributed by atoms with Gasteiger partial charge in [0.05, 0.1) is 10.5 Å². The van der Waals surface area contributed by atoms with Crippen molar-refractivity contribution in [2.75, 3.05) is 11.9 Å². The number of rotatable bonds is 6. The Morgan fingerprint density at radius 2 is 2.04 bits per heavy atom. The number of hydrogen-bond acceptors (Lipinski definition) is 5. The van der Waals surface area contributed by atoms with Gasteiger partial charge in [0.1, 0.15) is 5.69 Å². The minimum absolute atomic E-state index is 0.0934. The maximum atomic E-state index is 12.2. The molecule has 0 aliphatic heterocycles. The zero-order valence-electron chi connectivity index (χ0n) is 12.9. The molecule has 3 N–H and O–H groups in total. The molecular weight excluding hydrogens is 298 g/mol. The van der Waals surface area contributed by atoms with E-state index in [9.17, 15) is 20.0 Å². The average Bonchev–Trinajstić information content (AvgIpc) is 3.24. The first-order valence-corrected chi connectivity index (χ1v) is 8.02.